The maximum absolute atomic E-state index is 13.9. The van der Waals surface area contributed by atoms with Crippen molar-refractivity contribution in [2.24, 2.45) is 0 Å². The molecule has 0 radical (unpaired) electrons. The molecule has 0 spiro atoms. The Bertz CT molecular complexity index is 881. The lowest BCUT2D eigenvalue weighted by molar-refractivity contribution is -0.114. The first kappa shape index (κ1) is 21.0. The van der Waals surface area contributed by atoms with Crippen molar-refractivity contribution >= 4 is 29.3 Å². The minimum atomic E-state index is -0.602. The van der Waals surface area contributed by atoms with Gasteiger partial charge in [-0.3, -0.25) is 9.59 Å². The van der Waals surface area contributed by atoms with Crippen LogP contribution in [-0.4, -0.2) is 25.5 Å². The summed E-state index contributed by atoms with van der Waals surface area (Å²) in [4.78, 5) is 23.2. The van der Waals surface area contributed by atoms with E-state index in [9.17, 15) is 14.0 Å². The summed E-state index contributed by atoms with van der Waals surface area (Å²) in [6.07, 6.45) is 3.74. The second-order valence-corrected chi connectivity index (χ2v) is 5.96. The van der Waals surface area contributed by atoms with Crippen LogP contribution in [0.25, 0.3) is 6.08 Å². The molecule has 2 rings (SSSR count). The van der Waals surface area contributed by atoms with E-state index in [1.165, 1.54) is 31.2 Å². The number of carbonyl (C=O) groups excluding carboxylic acids is 2. The molecule has 0 atom stereocenters. The molecular formula is C21H23FN2O4. The second kappa shape index (κ2) is 10.1. The van der Waals surface area contributed by atoms with E-state index in [4.69, 9.17) is 9.47 Å². The predicted octanol–water partition coefficient (Wildman–Crippen LogP) is 4.23. The van der Waals surface area contributed by atoms with Crippen LogP contribution in [0.4, 0.5) is 15.8 Å². The van der Waals surface area contributed by atoms with Gasteiger partial charge >= 0.3 is 0 Å². The number of ether oxygens (including phenoxy) is 2. The zero-order valence-electron chi connectivity index (χ0n) is 16.0. The molecular weight excluding hydrogens is 363 g/mol. The van der Waals surface area contributed by atoms with Gasteiger partial charge in [0.2, 0.25) is 11.8 Å². The third-order valence-electron chi connectivity index (χ3n) is 3.62. The van der Waals surface area contributed by atoms with Gasteiger partial charge in [-0.15, -0.1) is 0 Å². The van der Waals surface area contributed by atoms with Crippen molar-refractivity contribution in [2.45, 2.75) is 20.3 Å². The summed E-state index contributed by atoms with van der Waals surface area (Å²) in [7, 11) is 1.54. The molecule has 2 aromatic rings. The number of benzene rings is 2. The Labute approximate surface area is 163 Å². The van der Waals surface area contributed by atoms with Gasteiger partial charge in [-0.1, -0.05) is 13.0 Å². The quantitative estimate of drug-likeness (QED) is 0.666. The van der Waals surface area contributed by atoms with E-state index in [2.05, 4.69) is 10.6 Å². The van der Waals surface area contributed by atoms with Crippen LogP contribution in [0.15, 0.2) is 42.5 Å². The SMILES string of the molecule is CCCOc1ccc(/C=C/C(=O)Nc2cc(NC(C)=O)ccc2F)cc1OC. The van der Waals surface area contributed by atoms with Crippen molar-refractivity contribution in [1.29, 1.82) is 0 Å². The van der Waals surface area contributed by atoms with Crippen molar-refractivity contribution in [3.63, 3.8) is 0 Å². The molecule has 0 bridgehead atoms. The molecule has 0 saturated heterocycles. The molecule has 0 aliphatic carbocycles. The third-order valence-corrected chi connectivity index (χ3v) is 3.62. The summed E-state index contributed by atoms with van der Waals surface area (Å²) in [5.41, 5.74) is 1.09. The Kier molecular flexibility index (Phi) is 7.56. The summed E-state index contributed by atoms with van der Waals surface area (Å²) in [6, 6.07) is 9.23. The fourth-order valence-electron chi connectivity index (χ4n) is 2.37. The van der Waals surface area contributed by atoms with E-state index in [1.54, 1.807) is 31.4 Å². The monoisotopic (exact) mass is 386 g/mol. The maximum Gasteiger partial charge on any atom is 0.248 e. The second-order valence-electron chi connectivity index (χ2n) is 5.96. The van der Waals surface area contributed by atoms with Crippen LogP contribution < -0.4 is 20.1 Å². The average molecular weight is 386 g/mol. The molecule has 0 aliphatic rings. The third kappa shape index (κ3) is 6.12. The number of hydrogen-bond donors (Lipinski definition) is 2. The van der Waals surface area contributed by atoms with E-state index < -0.39 is 11.7 Å². The highest BCUT2D eigenvalue weighted by Crippen LogP contribution is 2.28. The Morgan fingerprint density at radius 1 is 1.11 bits per heavy atom. The van der Waals surface area contributed by atoms with Gasteiger partial charge in [-0.05, 0) is 48.4 Å². The van der Waals surface area contributed by atoms with Gasteiger partial charge in [-0.2, -0.15) is 0 Å². The number of hydrogen-bond acceptors (Lipinski definition) is 4. The Balaban J connectivity index is 2.08. The topological polar surface area (TPSA) is 76.7 Å². The van der Waals surface area contributed by atoms with Crippen LogP contribution >= 0.6 is 0 Å². The van der Waals surface area contributed by atoms with Crippen molar-refractivity contribution in [1.82, 2.24) is 0 Å². The Morgan fingerprint density at radius 2 is 1.89 bits per heavy atom. The normalized spacial score (nSPS) is 10.6. The number of nitrogens with one attached hydrogen (secondary N) is 2. The van der Waals surface area contributed by atoms with Gasteiger partial charge in [0.15, 0.2) is 11.5 Å². The van der Waals surface area contributed by atoms with E-state index in [0.717, 1.165) is 12.0 Å². The number of anilines is 2. The van der Waals surface area contributed by atoms with Crippen molar-refractivity contribution < 1.29 is 23.5 Å². The predicted molar refractivity (Wildman–Crippen MR) is 107 cm³/mol. The van der Waals surface area contributed by atoms with Crippen LogP contribution in [0.3, 0.4) is 0 Å². The largest absolute Gasteiger partial charge is 0.493 e. The summed E-state index contributed by atoms with van der Waals surface area (Å²) >= 11 is 0. The summed E-state index contributed by atoms with van der Waals surface area (Å²) in [5, 5.41) is 4.99. The molecule has 0 heterocycles. The Morgan fingerprint density at radius 3 is 2.57 bits per heavy atom. The zero-order chi connectivity index (χ0) is 20.5. The first-order valence-electron chi connectivity index (χ1n) is 8.80. The van der Waals surface area contributed by atoms with Crippen LogP contribution in [0, 0.1) is 5.82 Å². The van der Waals surface area contributed by atoms with Gasteiger partial charge in [0.05, 0.1) is 19.4 Å². The lowest BCUT2D eigenvalue weighted by atomic mass is 10.2. The molecule has 2 N–H and O–H groups in total. The molecule has 6 nitrogen and oxygen atoms in total. The van der Waals surface area contributed by atoms with Crippen LogP contribution in [-0.2, 0) is 9.59 Å². The number of methoxy groups -OCH3 is 1. The van der Waals surface area contributed by atoms with E-state index in [1.807, 2.05) is 6.92 Å². The van der Waals surface area contributed by atoms with Crippen LogP contribution in [0.5, 0.6) is 11.5 Å². The fourth-order valence-corrected chi connectivity index (χ4v) is 2.37. The minimum Gasteiger partial charge on any atom is -0.493 e. The van der Waals surface area contributed by atoms with E-state index >= 15 is 0 Å². The molecule has 0 fully saturated rings. The molecule has 7 heteroatoms. The first-order chi connectivity index (χ1) is 13.4. The molecule has 0 unspecified atom stereocenters. The number of halogens is 1. The standard InChI is InChI=1S/C21H23FN2O4/c1-4-11-28-19-9-5-15(12-20(19)27-3)6-10-21(26)24-18-13-16(23-14(2)25)7-8-17(18)22/h5-10,12-13H,4,11H2,1-3H3,(H,23,25)(H,24,26)/b10-6+. The number of amides is 2. The lowest BCUT2D eigenvalue weighted by Gasteiger charge is -2.10. The van der Waals surface area contributed by atoms with Gasteiger partial charge in [0.1, 0.15) is 5.82 Å². The summed E-state index contributed by atoms with van der Waals surface area (Å²) in [6.45, 7) is 3.94. The molecule has 2 amide bonds. The molecule has 2 aromatic carbocycles. The van der Waals surface area contributed by atoms with Crippen LogP contribution in [0.1, 0.15) is 25.8 Å². The van der Waals surface area contributed by atoms with E-state index in [-0.39, 0.29) is 11.6 Å². The summed E-state index contributed by atoms with van der Waals surface area (Å²) in [5.74, 6) is -0.212. The van der Waals surface area contributed by atoms with Crippen molar-refractivity contribution in [3.8, 4) is 11.5 Å². The summed E-state index contributed by atoms with van der Waals surface area (Å²) < 4.78 is 24.8. The Hall–Kier alpha value is -3.35. The van der Waals surface area contributed by atoms with Crippen molar-refractivity contribution in [2.75, 3.05) is 24.4 Å². The van der Waals surface area contributed by atoms with E-state index in [0.29, 0.717) is 23.8 Å². The van der Waals surface area contributed by atoms with Gasteiger partial charge < -0.3 is 20.1 Å². The fraction of sp³-hybridized carbons (Fsp3) is 0.238. The highest BCUT2D eigenvalue weighted by molar-refractivity contribution is 6.02. The molecule has 0 aromatic heterocycles. The molecule has 0 saturated carbocycles. The maximum atomic E-state index is 13.9. The van der Waals surface area contributed by atoms with Gasteiger partial charge in [0.25, 0.3) is 0 Å². The first-order valence-corrected chi connectivity index (χ1v) is 8.80. The van der Waals surface area contributed by atoms with Crippen LogP contribution in [0.2, 0.25) is 0 Å². The highest BCUT2D eigenvalue weighted by Gasteiger charge is 2.08. The van der Waals surface area contributed by atoms with Crippen molar-refractivity contribution in [3.05, 3.63) is 53.9 Å². The zero-order valence-corrected chi connectivity index (χ0v) is 16.0. The number of carbonyl (C=O) groups is 2. The minimum absolute atomic E-state index is 0.0261. The highest BCUT2D eigenvalue weighted by atomic mass is 19.1. The average Bonchev–Trinajstić information content (AvgIpc) is 2.67. The molecule has 148 valence electrons. The lowest BCUT2D eigenvalue weighted by Crippen LogP contribution is -2.11. The molecule has 0 aliphatic heterocycles. The molecule has 28 heavy (non-hydrogen) atoms. The van der Waals surface area contributed by atoms with Gasteiger partial charge in [-0.25, -0.2) is 4.39 Å². The van der Waals surface area contributed by atoms with Gasteiger partial charge in [0, 0.05) is 18.7 Å². The number of rotatable bonds is 8. The smallest absolute Gasteiger partial charge is 0.248 e.